The first-order valence-corrected chi connectivity index (χ1v) is 16.3. The van der Waals surface area contributed by atoms with Crippen molar-refractivity contribution < 1.29 is 14.0 Å². The van der Waals surface area contributed by atoms with Gasteiger partial charge >= 0.3 is 0 Å². The van der Waals surface area contributed by atoms with Crippen LogP contribution in [-0.2, 0) is 0 Å². The molecule has 0 radical (unpaired) electrons. The van der Waals surface area contributed by atoms with E-state index in [4.69, 9.17) is 14.0 Å². The van der Waals surface area contributed by atoms with E-state index in [0.29, 0.717) is 37.4 Å². The zero-order valence-electron chi connectivity index (χ0n) is 32.2. The van der Waals surface area contributed by atoms with E-state index >= 15 is 0 Å². The summed E-state index contributed by atoms with van der Waals surface area (Å²) < 4.78 is 67.3. The Morgan fingerprint density at radius 3 is 2.19 bits per heavy atom. The SMILES string of the molecule is [2H]c1c([2H])c([2H])c2c(sc3c(-c4cccc(-c5cccc(-c6ncnc7c6oc6ccc(-c8ccc9ccccc9c8)cc67)c5)c4)c([2H])c([2H])c([2H])c32)c1[2H]. The van der Waals surface area contributed by atoms with E-state index in [-0.39, 0.29) is 47.0 Å². The maximum Gasteiger partial charge on any atom is 0.180 e. The van der Waals surface area contributed by atoms with Gasteiger partial charge in [-0.2, -0.15) is 0 Å². The molecule has 10 aromatic rings. The fourth-order valence-corrected chi connectivity index (χ4v) is 7.65. The van der Waals surface area contributed by atoms with Crippen LogP contribution in [-0.4, -0.2) is 9.97 Å². The molecule has 0 saturated carbocycles. The van der Waals surface area contributed by atoms with Crippen LogP contribution in [0.15, 0.2) is 162 Å². The number of thiophene rings is 1. The fraction of sp³-hybridized carbons (Fsp3) is 0. The average molecular weight is 638 g/mol. The first-order valence-electron chi connectivity index (χ1n) is 19.0. The minimum atomic E-state index is -0.393. The van der Waals surface area contributed by atoms with Crippen LogP contribution >= 0.6 is 11.3 Å². The van der Waals surface area contributed by atoms with Gasteiger partial charge in [-0.05, 0) is 80.5 Å². The highest BCUT2D eigenvalue weighted by Crippen LogP contribution is 2.41. The molecular formula is C44H26N2OS. The summed E-state index contributed by atoms with van der Waals surface area (Å²) in [6, 6.07) is 34.6. The summed E-state index contributed by atoms with van der Waals surface area (Å²) in [4.78, 5) is 9.33. The monoisotopic (exact) mass is 637 g/mol. The third kappa shape index (κ3) is 4.34. The molecule has 0 aliphatic carbocycles. The molecule has 0 fully saturated rings. The number of furan rings is 1. The Morgan fingerprint density at radius 1 is 0.542 bits per heavy atom. The number of fused-ring (bicyclic) bond motifs is 7. The van der Waals surface area contributed by atoms with Crippen LogP contribution in [0.2, 0.25) is 0 Å². The third-order valence-electron chi connectivity index (χ3n) is 8.89. The van der Waals surface area contributed by atoms with Gasteiger partial charge in [0, 0.05) is 31.1 Å². The topological polar surface area (TPSA) is 38.9 Å². The van der Waals surface area contributed by atoms with Crippen molar-refractivity contribution in [3.63, 3.8) is 0 Å². The summed E-state index contributed by atoms with van der Waals surface area (Å²) in [6.07, 6.45) is 1.56. The van der Waals surface area contributed by atoms with Gasteiger partial charge < -0.3 is 4.42 Å². The molecule has 0 N–H and O–H groups in total. The van der Waals surface area contributed by atoms with Crippen molar-refractivity contribution in [3.05, 3.63) is 158 Å². The molecule has 3 aromatic heterocycles. The van der Waals surface area contributed by atoms with Crippen LogP contribution in [0.25, 0.3) is 97.7 Å². The number of nitrogens with zero attached hydrogens (tertiary/aromatic N) is 2. The summed E-state index contributed by atoms with van der Waals surface area (Å²) in [6.45, 7) is 0. The van der Waals surface area contributed by atoms with Gasteiger partial charge in [0.15, 0.2) is 5.58 Å². The zero-order chi connectivity index (χ0) is 37.7. The lowest BCUT2D eigenvalue weighted by molar-refractivity contribution is 0.667. The van der Waals surface area contributed by atoms with E-state index in [0.717, 1.165) is 50.1 Å². The van der Waals surface area contributed by atoms with Crippen LogP contribution in [0.3, 0.4) is 0 Å². The maximum atomic E-state index is 8.97. The van der Waals surface area contributed by atoms with Crippen molar-refractivity contribution in [2.45, 2.75) is 0 Å². The molecule has 7 aromatic carbocycles. The number of rotatable bonds is 4. The highest BCUT2D eigenvalue weighted by Gasteiger charge is 2.17. The molecule has 0 aliphatic rings. The number of hydrogen-bond donors (Lipinski definition) is 0. The Kier molecular flexibility index (Phi) is 4.67. The minimum absolute atomic E-state index is 0.137. The van der Waals surface area contributed by atoms with Crippen molar-refractivity contribution in [1.29, 1.82) is 0 Å². The predicted octanol–water partition coefficient (Wildman–Crippen LogP) is 12.6. The summed E-state index contributed by atoms with van der Waals surface area (Å²) in [5, 5.41) is 3.73. The molecule has 0 unspecified atom stereocenters. The summed E-state index contributed by atoms with van der Waals surface area (Å²) in [5.74, 6) is 0. The number of benzene rings is 7. The molecule has 4 heteroatoms. The van der Waals surface area contributed by atoms with Crippen molar-refractivity contribution in [2.24, 2.45) is 0 Å². The molecule has 0 aliphatic heterocycles. The molecule has 48 heavy (non-hydrogen) atoms. The second-order valence-corrected chi connectivity index (χ2v) is 12.7. The van der Waals surface area contributed by atoms with Gasteiger partial charge in [-0.15, -0.1) is 11.3 Å². The molecule has 3 heterocycles. The third-order valence-corrected chi connectivity index (χ3v) is 10.0. The smallest absolute Gasteiger partial charge is 0.180 e. The number of aromatic nitrogens is 2. The van der Waals surface area contributed by atoms with E-state index in [1.54, 1.807) is 6.33 Å². The second-order valence-electron chi connectivity index (χ2n) is 11.7. The molecule has 3 nitrogen and oxygen atoms in total. The lowest BCUT2D eigenvalue weighted by atomic mass is 9.96. The van der Waals surface area contributed by atoms with Crippen LogP contribution in [0.4, 0.5) is 0 Å². The number of hydrogen-bond acceptors (Lipinski definition) is 4. The van der Waals surface area contributed by atoms with Gasteiger partial charge in [0.05, 0.1) is 9.60 Å². The van der Waals surface area contributed by atoms with E-state index in [9.17, 15) is 0 Å². The van der Waals surface area contributed by atoms with Crippen LogP contribution in [0.5, 0.6) is 0 Å². The minimum Gasteiger partial charge on any atom is -0.452 e. The van der Waals surface area contributed by atoms with Gasteiger partial charge in [-0.1, -0.05) is 115 Å². The quantitative estimate of drug-likeness (QED) is 0.193. The molecular weight excluding hydrogens is 605 g/mol. The fourth-order valence-electron chi connectivity index (χ4n) is 6.56. The Labute approximate surface area is 290 Å². The van der Waals surface area contributed by atoms with Crippen LogP contribution < -0.4 is 0 Å². The Balaban J connectivity index is 1.08. The molecule has 0 atom stereocenters. The normalized spacial score (nSPS) is 13.8. The standard InChI is InChI=1S/C44H26N2OS/c1-2-9-28-22-31(19-18-27(28)8-1)32-20-21-39-38(25-32)42-43(47-39)41(45-26-46-42)34-13-6-11-30(24-34)29-10-5-12-33(23-29)35-15-7-16-37-36-14-3-4-17-40(36)48-44(35)37/h1-26H/i3D,4D,7D,14D,15D,16D,17D. The predicted molar refractivity (Wildman–Crippen MR) is 201 cm³/mol. The highest BCUT2D eigenvalue weighted by atomic mass is 32.1. The van der Waals surface area contributed by atoms with Gasteiger partial charge in [0.1, 0.15) is 23.1 Å². The Bertz CT molecular complexity index is 3260. The lowest BCUT2D eigenvalue weighted by Crippen LogP contribution is -1.88. The molecule has 0 spiro atoms. The Morgan fingerprint density at radius 2 is 1.27 bits per heavy atom. The summed E-state index contributed by atoms with van der Waals surface area (Å²) in [5.41, 5.74) is 8.42. The van der Waals surface area contributed by atoms with Crippen molar-refractivity contribution in [2.75, 3.05) is 0 Å². The van der Waals surface area contributed by atoms with Crippen molar-refractivity contribution in [3.8, 4) is 44.6 Å². The molecule has 0 saturated heterocycles. The van der Waals surface area contributed by atoms with Gasteiger partial charge in [-0.3, -0.25) is 0 Å². The molecule has 224 valence electrons. The van der Waals surface area contributed by atoms with E-state index in [2.05, 4.69) is 52.4 Å². The molecule has 10 rings (SSSR count). The van der Waals surface area contributed by atoms with E-state index in [1.165, 1.54) is 10.8 Å². The Hall–Kier alpha value is -6.10. The van der Waals surface area contributed by atoms with Crippen LogP contribution in [0.1, 0.15) is 9.60 Å². The molecule has 0 bridgehead atoms. The lowest BCUT2D eigenvalue weighted by Gasteiger charge is -2.09. The first kappa shape index (κ1) is 20.9. The second kappa shape index (κ2) is 10.7. The van der Waals surface area contributed by atoms with Gasteiger partial charge in [-0.25, -0.2) is 9.97 Å². The van der Waals surface area contributed by atoms with Crippen molar-refractivity contribution >= 4 is 64.4 Å². The average Bonchev–Trinajstić information content (AvgIpc) is 3.81. The van der Waals surface area contributed by atoms with E-state index < -0.39 is 6.04 Å². The highest BCUT2D eigenvalue weighted by molar-refractivity contribution is 7.26. The summed E-state index contributed by atoms with van der Waals surface area (Å²) in [7, 11) is 0. The zero-order valence-corrected chi connectivity index (χ0v) is 26.0. The summed E-state index contributed by atoms with van der Waals surface area (Å²) >= 11 is 1.13. The van der Waals surface area contributed by atoms with Crippen LogP contribution in [0, 0.1) is 0 Å². The van der Waals surface area contributed by atoms with Gasteiger partial charge in [0.25, 0.3) is 0 Å². The molecule has 0 amide bonds. The first-order chi connectivity index (χ1) is 26.7. The van der Waals surface area contributed by atoms with Gasteiger partial charge in [0.2, 0.25) is 0 Å². The maximum absolute atomic E-state index is 8.97. The largest absolute Gasteiger partial charge is 0.452 e. The van der Waals surface area contributed by atoms with Crippen molar-refractivity contribution in [1.82, 2.24) is 9.97 Å². The van der Waals surface area contributed by atoms with E-state index in [1.807, 2.05) is 66.7 Å².